The summed E-state index contributed by atoms with van der Waals surface area (Å²) in [5, 5.41) is 5.26. The minimum absolute atomic E-state index is 0.272. The number of rotatable bonds is 6. The third kappa shape index (κ3) is 5.11. The van der Waals surface area contributed by atoms with Gasteiger partial charge < -0.3 is 10.1 Å². The van der Waals surface area contributed by atoms with Crippen LogP contribution >= 0.6 is 34.5 Å². The highest BCUT2D eigenvalue weighted by Gasteiger charge is 2.30. The van der Waals surface area contributed by atoms with Gasteiger partial charge >= 0.3 is 5.97 Å². The first-order valence-electron chi connectivity index (χ1n) is 12.4. The fourth-order valence-corrected chi connectivity index (χ4v) is 6.73. The first-order valence-corrected chi connectivity index (χ1v) is 13.9. The van der Waals surface area contributed by atoms with E-state index in [-0.39, 0.29) is 12.5 Å². The fourth-order valence-electron chi connectivity index (χ4n) is 4.88. The van der Waals surface area contributed by atoms with E-state index in [4.69, 9.17) is 32.9 Å². The van der Waals surface area contributed by atoms with Gasteiger partial charge in [0.25, 0.3) is 5.91 Å². The quantitative estimate of drug-likeness (QED) is 0.244. The number of amides is 1. The Morgan fingerprint density at radius 3 is 2.70 bits per heavy atom. The smallest absolute Gasteiger partial charge is 0.341 e. The number of carbonyl (C=O) groups is 2. The Hall–Kier alpha value is -2.93. The number of halogens is 2. The van der Waals surface area contributed by atoms with E-state index in [9.17, 15) is 9.59 Å². The minimum Gasteiger partial charge on any atom is -0.462 e. The van der Waals surface area contributed by atoms with Crippen LogP contribution in [0.1, 0.15) is 57.8 Å². The molecule has 190 valence electrons. The molecule has 2 aromatic heterocycles. The van der Waals surface area contributed by atoms with Gasteiger partial charge in [0.2, 0.25) is 0 Å². The Balaban J connectivity index is 1.58. The Kier molecular flexibility index (Phi) is 7.52. The Morgan fingerprint density at radius 2 is 1.95 bits per heavy atom. The number of hydrogen-bond acceptors (Lipinski definition) is 5. The number of esters is 1. The van der Waals surface area contributed by atoms with Crippen molar-refractivity contribution in [2.45, 2.75) is 39.5 Å². The van der Waals surface area contributed by atoms with Crippen LogP contribution in [0, 0.1) is 5.92 Å². The zero-order valence-corrected chi connectivity index (χ0v) is 22.9. The van der Waals surface area contributed by atoms with Crippen LogP contribution in [-0.4, -0.2) is 23.5 Å². The molecule has 37 heavy (non-hydrogen) atoms. The zero-order valence-electron chi connectivity index (χ0n) is 20.6. The molecule has 1 N–H and O–H groups in total. The number of hydrogen-bond donors (Lipinski definition) is 1. The van der Waals surface area contributed by atoms with E-state index in [1.54, 1.807) is 31.2 Å². The van der Waals surface area contributed by atoms with Crippen molar-refractivity contribution in [2.75, 3.05) is 11.9 Å². The van der Waals surface area contributed by atoms with Crippen LogP contribution in [0.3, 0.4) is 0 Å². The molecule has 1 aliphatic rings. The number of nitrogens with one attached hydrogen (secondary N) is 1. The minimum atomic E-state index is -0.390. The summed E-state index contributed by atoms with van der Waals surface area (Å²) in [5.74, 6) is -0.125. The van der Waals surface area contributed by atoms with Crippen molar-refractivity contribution in [3.63, 3.8) is 0 Å². The zero-order chi connectivity index (χ0) is 26.1. The van der Waals surface area contributed by atoms with Gasteiger partial charge in [-0.25, -0.2) is 9.78 Å². The third-order valence-corrected chi connectivity index (χ3v) is 8.54. The summed E-state index contributed by atoms with van der Waals surface area (Å²) in [4.78, 5) is 32.7. The lowest BCUT2D eigenvalue weighted by molar-refractivity contribution is 0.0526. The van der Waals surface area contributed by atoms with Crippen molar-refractivity contribution in [1.82, 2.24) is 4.98 Å². The second-order valence-electron chi connectivity index (χ2n) is 9.10. The summed E-state index contributed by atoms with van der Waals surface area (Å²) in [7, 11) is 0. The van der Waals surface area contributed by atoms with Crippen LogP contribution in [0.2, 0.25) is 10.0 Å². The van der Waals surface area contributed by atoms with Crippen LogP contribution in [0.15, 0.2) is 48.5 Å². The number of para-hydroxylation sites is 1. The second-order valence-corrected chi connectivity index (χ2v) is 11.0. The predicted octanol–water partition coefficient (Wildman–Crippen LogP) is 8.21. The molecule has 4 aromatic rings. The predicted molar refractivity (Wildman–Crippen MR) is 151 cm³/mol. The number of ether oxygens (including phenoxy) is 1. The number of fused-ring (bicyclic) bond motifs is 2. The van der Waals surface area contributed by atoms with Crippen LogP contribution in [0.25, 0.3) is 22.2 Å². The van der Waals surface area contributed by atoms with E-state index < -0.39 is 5.97 Å². The van der Waals surface area contributed by atoms with Gasteiger partial charge in [-0.15, -0.1) is 11.3 Å². The van der Waals surface area contributed by atoms with Crippen LogP contribution < -0.4 is 5.32 Å². The first kappa shape index (κ1) is 25.7. The highest BCUT2D eigenvalue weighted by molar-refractivity contribution is 7.17. The molecule has 0 bridgehead atoms. The van der Waals surface area contributed by atoms with Gasteiger partial charge in [-0.3, -0.25) is 4.79 Å². The molecule has 8 heteroatoms. The number of benzene rings is 2. The molecule has 0 saturated carbocycles. The maximum Gasteiger partial charge on any atom is 0.341 e. The highest BCUT2D eigenvalue weighted by Crippen LogP contribution is 2.41. The lowest BCUT2D eigenvalue weighted by Crippen LogP contribution is -2.17. The van der Waals surface area contributed by atoms with Crippen LogP contribution in [0.4, 0.5) is 5.00 Å². The summed E-state index contributed by atoms with van der Waals surface area (Å²) in [5.41, 5.74) is 3.85. The molecule has 0 radical (unpaired) electrons. The van der Waals surface area contributed by atoms with Gasteiger partial charge in [0, 0.05) is 20.8 Å². The number of pyridine rings is 1. The number of nitrogens with zero attached hydrogens (tertiary/aromatic N) is 1. The SMILES string of the molecule is CCOC(=O)c1c(NC(=O)c2cc(-c3ccc(Cl)cc3Cl)nc3ccccc23)sc2c1CCC(CC)C2. The highest BCUT2D eigenvalue weighted by atomic mass is 35.5. The van der Waals surface area contributed by atoms with Gasteiger partial charge in [0.05, 0.1) is 34.0 Å². The lowest BCUT2D eigenvalue weighted by Gasteiger charge is -2.20. The Morgan fingerprint density at radius 1 is 1.14 bits per heavy atom. The van der Waals surface area contributed by atoms with Crippen LogP contribution in [0.5, 0.6) is 0 Å². The first-order chi connectivity index (χ1) is 17.9. The normalized spacial score (nSPS) is 14.9. The molecular weight excluding hydrogens is 527 g/mol. The van der Waals surface area contributed by atoms with Crippen molar-refractivity contribution in [2.24, 2.45) is 5.92 Å². The summed E-state index contributed by atoms with van der Waals surface area (Å²) in [6, 6.07) is 14.4. The summed E-state index contributed by atoms with van der Waals surface area (Å²) in [6.45, 7) is 4.25. The summed E-state index contributed by atoms with van der Waals surface area (Å²) >= 11 is 14.0. The average molecular weight is 554 g/mol. The lowest BCUT2D eigenvalue weighted by atomic mass is 9.85. The largest absolute Gasteiger partial charge is 0.462 e. The van der Waals surface area contributed by atoms with E-state index in [0.717, 1.165) is 36.1 Å². The monoisotopic (exact) mass is 552 g/mol. The molecular formula is C29H26Cl2N2O3S. The van der Waals surface area contributed by atoms with Gasteiger partial charge in [0.1, 0.15) is 5.00 Å². The molecule has 0 spiro atoms. The molecule has 2 aromatic carbocycles. The molecule has 0 aliphatic heterocycles. The van der Waals surface area contributed by atoms with Crippen molar-refractivity contribution >= 4 is 62.3 Å². The Labute approximate surface area is 229 Å². The summed E-state index contributed by atoms with van der Waals surface area (Å²) in [6.07, 6.45) is 3.84. The maximum atomic E-state index is 13.8. The van der Waals surface area contributed by atoms with Crippen molar-refractivity contribution in [1.29, 1.82) is 0 Å². The fraction of sp³-hybridized carbons (Fsp3) is 0.276. The van der Waals surface area contributed by atoms with Crippen molar-refractivity contribution in [3.8, 4) is 11.3 Å². The van der Waals surface area contributed by atoms with Gasteiger partial charge in [-0.2, -0.15) is 0 Å². The number of aromatic nitrogens is 1. The molecule has 1 atom stereocenters. The molecule has 0 fully saturated rings. The molecule has 5 rings (SSSR count). The molecule has 2 heterocycles. The summed E-state index contributed by atoms with van der Waals surface area (Å²) < 4.78 is 5.38. The van der Waals surface area contributed by atoms with Gasteiger partial charge in [-0.1, -0.05) is 54.7 Å². The number of carbonyl (C=O) groups excluding carboxylic acids is 2. The second kappa shape index (κ2) is 10.8. The number of thiophene rings is 1. The van der Waals surface area contributed by atoms with E-state index >= 15 is 0 Å². The van der Waals surface area contributed by atoms with E-state index in [1.807, 2.05) is 24.3 Å². The van der Waals surface area contributed by atoms with E-state index in [1.165, 1.54) is 11.3 Å². The van der Waals surface area contributed by atoms with Crippen LogP contribution in [-0.2, 0) is 17.6 Å². The van der Waals surface area contributed by atoms with E-state index in [2.05, 4.69) is 12.2 Å². The average Bonchev–Trinajstić information content (AvgIpc) is 3.25. The van der Waals surface area contributed by atoms with Crippen molar-refractivity contribution in [3.05, 3.63) is 80.1 Å². The van der Waals surface area contributed by atoms with E-state index in [0.29, 0.717) is 54.3 Å². The standard InChI is InChI=1S/C29H26Cl2N2O3S/c1-3-16-9-11-20-25(13-16)37-28(26(20)29(35)36-4-2)33-27(34)21-15-24(19-12-10-17(30)14-22(19)31)32-23-8-6-5-7-18(21)23/h5-8,10,12,14-16H,3-4,9,11,13H2,1-2H3,(H,33,34). The van der Waals surface area contributed by atoms with Gasteiger partial charge in [-0.05, 0) is 68.0 Å². The maximum absolute atomic E-state index is 13.8. The Bertz CT molecular complexity index is 1510. The number of anilines is 1. The van der Waals surface area contributed by atoms with Crippen molar-refractivity contribution < 1.29 is 14.3 Å². The molecule has 1 aliphatic carbocycles. The molecule has 1 unspecified atom stereocenters. The topological polar surface area (TPSA) is 68.3 Å². The molecule has 5 nitrogen and oxygen atoms in total. The molecule has 0 saturated heterocycles. The molecule has 1 amide bonds. The third-order valence-electron chi connectivity index (χ3n) is 6.82. The van der Waals surface area contributed by atoms with Gasteiger partial charge in [0.15, 0.2) is 0 Å².